The van der Waals surface area contributed by atoms with Crippen LogP contribution in [0.4, 0.5) is 43.9 Å². The fourth-order valence-corrected chi connectivity index (χ4v) is 2.91. The van der Waals surface area contributed by atoms with Crippen molar-refractivity contribution in [2.24, 2.45) is 11.8 Å². The second kappa shape index (κ2) is 6.43. The Kier molecular flexibility index (Phi) is 5.73. The Labute approximate surface area is 136 Å². The van der Waals surface area contributed by atoms with Gasteiger partial charge in [-0.15, -0.1) is 0 Å². The van der Waals surface area contributed by atoms with Crippen molar-refractivity contribution in [3.05, 3.63) is 0 Å². The first-order valence-corrected chi connectivity index (χ1v) is 7.15. The monoisotopic (exact) mass is 394 g/mol. The average molecular weight is 394 g/mol. The molecule has 0 N–H and O–H groups in total. The van der Waals surface area contributed by atoms with Crippen LogP contribution in [0.25, 0.3) is 0 Å². The first kappa shape index (κ1) is 22.3. The molecule has 0 aliphatic carbocycles. The molecule has 0 amide bonds. The van der Waals surface area contributed by atoms with Gasteiger partial charge < -0.3 is 9.47 Å². The van der Waals surface area contributed by atoms with E-state index in [-0.39, 0.29) is 0 Å². The molecule has 1 saturated heterocycles. The van der Waals surface area contributed by atoms with E-state index in [1.165, 1.54) is 0 Å². The van der Waals surface area contributed by atoms with E-state index in [2.05, 4.69) is 9.47 Å². The smallest absolute Gasteiger partial charge is 0.347 e. The minimum absolute atomic E-state index is 0.837. The van der Waals surface area contributed by atoms with Crippen LogP contribution in [0.1, 0.15) is 27.2 Å². The van der Waals surface area contributed by atoms with Crippen LogP contribution in [-0.4, -0.2) is 42.7 Å². The lowest BCUT2D eigenvalue weighted by Crippen LogP contribution is -2.73. The second-order valence-corrected chi connectivity index (χ2v) is 5.87. The summed E-state index contributed by atoms with van der Waals surface area (Å²) in [7, 11) is 0. The molecule has 1 rings (SSSR count). The minimum atomic E-state index is -6.61. The summed E-state index contributed by atoms with van der Waals surface area (Å²) in [5.41, 5.74) is -6.14. The van der Waals surface area contributed by atoms with E-state index in [0.29, 0.717) is 0 Å². The highest BCUT2D eigenvalue weighted by Crippen LogP contribution is 2.59. The number of rotatable bonds is 3. The van der Waals surface area contributed by atoms with E-state index >= 15 is 0 Å². The molecule has 4 atom stereocenters. The van der Waals surface area contributed by atoms with Crippen LogP contribution in [0.15, 0.2) is 0 Å². The molecule has 0 aromatic rings. The van der Waals surface area contributed by atoms with Crippen molar-refractivity contribution < 1.29 is 53.4 Å². The van der Waals surface area contributed by atoms with Gasteiger partial charge in [0.1, 0.15) is 0 Å². The molecule has 1 fully saturated rings. The maximum Gasteiger partial charge on any atom is 0.437 e. The summed E-state index contributed by atoms with van der Waals surface area (Å²) in [6.45, 7) is 1.77. The Morgan fingerprint density at radius 1 is 0.920 bits per heavy atom. The number of ether oxygens (including phenoxy) is 2. The third-order valence-electron chi connectivity index (χ3n) is 4.34. The van der Waals surface area contributed by atoms with Crippen LogP contribution < -0.4 is 0 Å². The van der Waals surface area contributed by atoms with Gasteiger partial charge in [0.05, 0.1) is 12.0 Å². The Morgan fingerprint density at radius 2 is 1.36 bits per heavy atom. The molecule has 150 valence electrons. The fourth-order valence-electron chi connectivity index (χ4n) is 2.91. The van der Waals surface area contributed by atoms with Crippen molar-refractivity contribution in [3.8, 4) is 0 Å². The predicted octanol–water partition coefficient (Wildman–Crippen LogP) is 5.18. The van der Waals surface area contributed by atoms with E-state index in [1.54, 1.807) is 0 Å². The zero-order valence-electron chi connectivity index (χ0n) is 13.2. The molecular formula is C13H16F10O2. The maximum atomic E-state index is 14.5. The topological polar surface area (TPSA) is 18.5 Å². The van der Waals surface area contributed by atoms with Crippen molar-refractivity contribution >= 4 is 0 Å². The third-order valence-corrected chi connectivity index (χ3v) is 4.34. The molecule has 0 radical (unpaired) electrons. The molecule has 1 aliphatic rings. The van der Waals surface area contributed by atoms with Gasteiger partial charge in [0.2, 0.25) is 5.79 Å². The van der Waals surface area contributed by atoms with Crippen LogP contribution in [0.2, 0.25) is 0 Å². The van der Waals surface area contributed by atoms with Gasteiger partial charge in [0.25, 0.3) is 0 Å². The molecule has 0 aromatic carbocycles. The van der Waals surface area contributed by atoms with E-state index < -0.39 is 61.0 Å². The normalized spacial score (nSPS) is 32.8. The van der Waals surface area contributed by atoms with Gasteiger partial charge >= 0.3 is 24.2 Å². The molecule has 0 aromatic heterocycles. The highest BCUT2D eigenvalue weighted by molar-refractivity contribution is 5.10. The van der Waals surface area contributed by atoms with Crippen molar-refractivity contribution in [2.45, 2.75) is 63.3 Å². The van der Waals surface area contributed by atoms with Crippen LogP contribution in [-0.2, 0) is 9.47 Å². The molecule has 2 nitrogen and oxygen atoms in total. The lowest BCUT2D eigenvalue weighted by atomic mass is 9.75. The van der Waals surface area contributed by atoms with Gasteiger partial charge in [-0.3, -0.25) is 0 Å². The molecule has 1 aliphatic heterocycles. The zero-order valence-corrected chi connectivity index (χ0v) is 13.2. The number of hydrogen-bond acceptors (Lipinski definition) is 2. The van der Waals surface area contributed by atoms with Crippen LogP contribution in [0.5, 0.6) is 0 Å². The largest absolute Gasteiger partial charge is 0.437 e. The van der Waals surface area contributed by atoms with Crippen LogP contribution in [0.3, 0.4) is 0 Å². The zero-order chi connectivity index (χ0) is 20.1. The van der Waals surface area contributed by atoms with Crippen LogP contribution in [0, 0.1) is 11.8 Å². The van der Waals surface area contributed by atoms with E-state index in [1.807, 2.05) is 0 Å². The van der Waals surface area contributed by atoms with E-state index in [0.717, 1.165) is 20.8 Å². The summed E-state index contributed by atoms with van der Waals surface area (Å²) < 4.78 is 141. The highest BCUT2D eigenvalue weighted by atomic mass is 19.4. The summed E-state index contributed by atoms with van der Waals surface area (Å²) in [6.07, 6.45) is -22.1. The Hall–Kier alpha value is -0.780. The van der Waals surface area contributed by atoms with Crippen molar-refractivity contribution in [3.63, 3.8) is 0 Å². The molecule has 1 heterocycles. The van der Waals surface area contributed by atoms with Gasteiger partial charge in [-0.05, 0) is 19.8 Å². The quantitative estimate of drug-likeness (QED) is 0.615. The summed E-state index contributed by atoms with van der Waals surface area (Å²) in [5.74, 6) is -8.38. The molecule has 4 unspecified atom stereocenters. The summed E-state index contributed by atoms with van der Waals surface area (Å²) >= 11 is 0. The minimum Gasteiger partial charge on any atom is -0.347 e. The molecule has 0 bridgehead atoms. The second-order valence-electron chi connectivity index (χ2n) is 5.87. The summed E-state index contributed by atoms with van der Waals surface area (Å²) in [6, 6.07) is 0. The SMILES string of the molecule is CCOC1(C(F)(C(F)(F)F)C(F)(F)F)CC(C(F)(F)F)C(C)C(C)O1. The van der Waals surface area contributed by atoms with Gasteiger partial charge in [0.15, 0.2) is 0 Å². The standard InChI is InChI=1S/C13H16F10O2/c1-4-24-9(11(17,12(18,19)20)13(21,22)23)5-8(10(14,15)16)6(2)7(3)25-9/h6-8H,4-5H2,1-3H3. The third kappa shape index (κ3) is 3.56. The number of halogens is 10. The van der Waals surface area contributed by atoms with Crippen LogP contribution >= 0.6 is 0 Å². The average Bonchev–Trinajstić information content (AvgIpc) is 2.38. The summed E-state index contributed by atoms with van der Waals surface area (Å²) in [5, 5.41) is 0. The fraction of sp³-hybridized carbons (Fsp3) is 1.00. The molecule has 0 saturated carbocycles. The molecular weight excluding hydrogens is 378 g/mol. The Morgan fingerprint density at radius 3 is 1.68 bits per heavy atom. The Bertz CT molecular complexity index is 455. The predicted molar refractivity (Wildman–Crippen MR) is 64.2 cm³/mol. The molecule has 25 heavy (non-hydrogen) atoms. The van der Waals surface area contributed by atoms with Crippen molar-refractivity contribution in [1.29, 1.82) is 0 Å². The Balaban J connectivity index is 3.64. The highest BCUT2D eigenvalue weighted by Gasteiger charge is 2.85. The van der Waals surface area contributed by atoms with Crippen molar-refractivity contribution in [2.75, 3.05) is 6.61 Å². The first-order chi connectivity index (χ1) is 10.9. The molecule has 12 heteroatoms. The van der Waals surface area contributed by atoms with Gasteiger partial charge in [-0.25, -0.2) is 4.39 Å². The van der Waals surface area contributed by atoms with Gasteiger partial charge in [0, 0.05) is 13.0 Å². The first-order valence-electron chi connectivity index (χ1n) is 7.15. The summed E-state index contributed by atoms with van der Waals surface area (Å²) in [4.78, 5) is 0. The lowest BCUT2D eigenvalue weighted by molar-refractivity contribution is -0.464. The maximum absolute atomic E-state index is 14.5. The van der Waals surface area contributed by atoms with E-state index in [4.69, 9.17) is 0 Å². The van der Waals surface area contributed by atoms with E-state index in [9.17, 15) is 43.9 Å². The number of alkyl halides is 10. The van der Waals surface area contributed by atoms with Crippen molar-refractivity contribution in [1.82, 2.24) is 0 Å². The van der Waals surface area contributed by atoms with Gasteiger partial charge in [-0.1, -0.05) is 6.92 Å². The van der Waals surface area contributed by atoms with Gasteiger partial charge in [-0.2, -0.15) is 39.5 Å². The molecule has 0 spiro atoms. The lowest BCUT2D eigenvalue weighted by Gasteiger charge is -2.52. The number of hydrogen-bond donors (Lipinski definition) is 0.